The van der Waals surface area contributed by atoms with Crippen LogP contribution >= 0.6 is 0 Å². The first kappa shape index (κ1) is 11.9. The Hall–Kier alpha value is -2.16. The van der Waals surface area contributed by atoms with E-state index >= 15 is 0 Å². The van der Waals surface area contributed by atoms with Crippen molar-refractivity contribution >= 4 is 17.7 Å². The largest absolute Gasteiger partial charge is 0.479 e. The molecule has 0 aliphatic carbocycles. The number of rotatable bonds is 5. The molecule has 1 heterocycles. The molecule has 1 rings (SSSR count). The van der Waals surface area contributed by atoms with Gasteiger partial charge in [-0.3, -0.25) is 4.79 Å². The molecule has 0 radical (unpaired) electrons. The van der Waals surface area contributed by atoms with Gasteiger partial charge in [-0.15, -0.1) is 0 Å². The number of aliphatic hydroxyl groups is 1. The van der Waals surface area contributed by atoms with E-state index in [0.717, 1.165) is 0 Å². The summed E-state index contributed by atoms with van der Waals surface area (Å²) in [5.41, 5.74) is 5.07. The van der Waals surface area contributed by atoms with E-state index in [0.29, 0.717) is 0 Å². The second-order valence-electron chi connectivity index (χ2n) is 2.90. The summed E-state index contributed by atoms with van der Waals surface area (Å²) in [6.07, 6.45) is -1.64. The zero-order valence-electron chi connectivity index (χ0n) is 8.08. The zero-order valence-corrected chi connectivity index (χ0v) is 8.08. The van der Waals surface area contributed by atoms with Crippen molar-refractivity contribution in [2.45, 2.75) is 12.5 Å². The van der Waals surface area contributed by atoms with E-state index in [4.69, 9.17) is 15.9 Å². The highest BCUT2D eigenvalue weighted by Gasteiger charge is 2.17. The van der Waals surface area contributed by atoms with Crippen LogP contribution in [0.15, 0.2) is 4.63 Å². The molecule has 1 atom stereocenters. The number of aliphatic carboxylic acids is 1. The Bertz CT molecular complexity index is 390. The van der Waals surface area contributed by atoms with Gasteiger partial charge in [0.05, 0.1) is 0 Å². The number of hydrogen-bond acceptors (Lipinski definition) is 7. The molecule has 1 aromatic rings. The Kier molecular flexibility index (Phi) is 3.78. The number of aliphatic hydroxyl groups excluding tert-OH is 1. The van der Waals surface area contributed by atoms with Crippen molar-refractivity contribution in [1.29, 1.82) is 0 Å². The number of nitrogens with one attached hydrogen (secondary N) is 1. The predicted octanol–water partition coefficient (Wildman–Crippen LogP) is -1.78. The monoisotopic (exact) mass is 230 g/mol. The molecule has 16 heavy (non-hydrogen) atoms. The van der Waals surface area contributed by atoms with Crippen LogP contribution < -0.4 is 11.1 Å². The molecule has 0 unspecified atom stereocenters. The summed E-state index contributed by atoms with van der Waals surface area (Å²) in [6.45, 7) is -0.0292. The van der Waals surface area contributed by atoms with Crippen molar-refractivity contribution < 1.29 is 24.4 Å². The summed E-state index contributed by atoms with van der Waals surface area (Å²) < 4.78 is 4.20. The normalized spacial score (nSPS) is 12.1. The van der Waals surface area contributed by atoms with Gasteiger partial charge in [-0.05, 0) is 10.3 Å². The standard InChI is InChI=1S/C7H10N4O5/c8-5-4(10-16-11-5)6(13)9-2-1-3(12)7(14)15/h3,12H,1-2H2,(H2,8,11)(H,9,13)(H,14,15)/t3-/m0/s1. The average Bonchev–Trinajstić information content (AvgIpc) is 2.64. The number of anilines is 1. The number of carbonyl (C=O) groups is 2. The van der Waals surface area contributed by atoms with Crippen molar-refractivity contribution in [3.05, 3.63) is 5.69 Å². The second-order valence-corrected chi connectivity index (χ2v) is 2.90. The third-order valence-electron chi connectivity index (χ3n) is 1.72. The molecule has 5 N–H and O–H groups in total. The Morgan fingerprint density at radius 1 is 1.50 bits per heavy atom. The van der Waals surface area contributed by atoms with Crippen LogP contribution in [0, 0.1) is 0 Å². The van der Waals surface area contributed by atoms with Crippen LogP contribution in [0.3, 0.4) is 0 Å². The molecule has 9 nitrogen and oxygen atoms in total. The van der Waals surface area contributed by atoms with Crippen molar-refractivity contribution in [1.82, 2.24) is 15.6 Å². The van der Waals surface area contributed by atoms with E-state index in [2.05, 4.69) is 20.3 Å². The molecule has 0 aromatic carbocycles. The number of aromatic nitrogens is 2. The minimum Gasteiger partial charge on any atom is -0.479 e. The Morgan fingerprint density at radius 2 is 2.19 bits per heavy atom. The maximum absolute atomic E-state index is 11.3. The van der Waals surface area contributed by atoms with Crippen LogP contribution in [-0.4, -0.2) is 45.1 Å². The Balaban J connectivity index is 2.37. The van der Waals surface area contributed by atoms with E-state index < -0.39 is 18.0 Å². The highest BCUT2D eigenvalue weighted by atomic mass is 16.6. The number of carbonyl (C=O) groups excluding carboxylic acids is 1. The lowest BCUT2D eigenvalue weighted by molar-refractivity contribution is -0.146. The third-order valence-corrected chi connectivity index (χ3v) is 1.72. The summed E-state index contributed by atoms with van der Waals surface area (Å²) in [4.78, 5) is 21.5. The number of nitrogens with zero attached hydrogens (tertiary/aromatic N) is 2. The number of carboxylic acid groups (broad SMARTS) is 1. The third kappa shape index (κ3) is 2.92. The van der Waals surface area contributed by atoms with Gasteiger partial charge in [-0.1, -0.05) is 0 Å². The van der Waals surface area contributed by atoms with E-state index in [1.165, 1.54) is 0 Å². The van der Waals surface area contributed by atoms with Crippen molar-refractivity contribution in [2.24, 2.45) is 0 Å². The van der Waals surface area contributed by atoms with Gasteiger partial charge in [0.2, 0.25) is 11.5 Å². The van der Waals surface area contributed by atoms with Crippen LogP contribution in [0.1, 0.15) is 16.9 Å². The minimum absolute atomic E-state index is 0.0292. The molecule has 0 saturated carbocycles. The minimum atomic E-state index is -1.52. The quantitative estimate of drug-likeness (QED) is 0.463. The molecular weight excluding hydrogens is 220 g/mol. The first-order chi connectivity index (χ1) is 7.52. The number of carboxylic acids is 1. The Morgan fingerprint density at radius 3 is 2.69 bits per heavy atom. The smallest absolute Gasteiger partial charge is 0.332 e. The van der Waals surface area contributed by atoms with E-state index in [-0.39, 0.29) is 24.5 Å². The fourth-order valence-corrected chi connectivity index (χ4v) is 0.883. The number of hydrogen-bond donors (Lipinski definition) is 4. The molecule has 0 saturated heterocycles. The highest BCUT2D eigenvalue weighted by molar-refractivity contribution is 5.95. The molecule has 0 spiro atoms. The van der Waals surface area contributed by atoms with Gasteiger partial charge in [-0.25, -0.2) is 9.42 Å². The highest BCUT2D eigenvalue weighted by Crippen LogP contribution is 2.03. The van der Waals surface area contributed by atoms with Gasteiger partial charge in [0.1, 0.15) is 0 Å². The maximum atomic E-state index is 11.3. The van der Waals surface area contributed by atoms with Gasteiger partial charge < -0.3 is 21.3 Å². The molecular formula is C7H10N4O5. The van der Waals surface area contributed by atoms with Gasteiger partial charge in [-0.2, -0.15) is 0 Å². The van der Waals surface area contributed by atoms with Crippen LogP contribution in [0.25, 0.3) is 0 Å². The predicted molar refractivity (Wildman–Crippen MR) is 49.3 cm³/mol. The van der Waals surface area contributed by atoms with E-state index in [1.54, 1.807) is 0 Å². The molecule has 1 aromatic heterocycles. The Labute approximate surface area is 89.2 Å². The molecule has 1 amide bonds. The lowest BCUT2D eigenvalue weighted by Gasteiger charge is -2.05. The molecule has 88 valence electrons. The lowest BCUT2D eigenvalue weighted by atomic mass is 10.2. The van der Waals surface area contributed by atoms with Crippen LogP contribution in [0.2, 0.25) is 0 Å². The molecule has 0 aliphatic heterocycles. The van der Waals surface area contributed by atoms with Gasteiger partial charge in [0.25, 0.3) is 5.91 Å². The van der Waals surface area contributed by atoms with Crippen LogP contribution in [0.5, 0.6) is 0 Å². The topological polar surface area (TPSA) is 152 Å². The fraction of sp³-hybridized carbons (Fsp3) is 0.429. The average molecular weight is 230 g/mol. The molecule has 9 heteroatoms. The van der Waals surface area contributed by atoms with Crippen LogP contribution in [0.4, 0.5) is 5.82 Å². The first-order valence-corrected chi connectivity index (χ1v) is 4.29. The summed E-state index contributed by atoms with van der Waals surface area (Å²) in [7, 11) is 0. The zero-order chi connectivity index (χ0) is 12.1. The van der Waals surface area contributed by atoms with Gasteiger partial charge in [0, 0.05) is 13.0 Å². The second kappa shape index (κ2) is 5.07. The van der Waals surface area contributed by atoms with Crippen LogP contribution in [-0.2, 0) is 4.79 Å². The maximum Gasteiger partial charge on any atom is 0.332 e. The number of amides is 1. The number of nitrogen functional groups attached to an aromatic ring is 1. The molecule has 0 aliphatic rings. The lowest BCUT2D eigenvalue weighted by Crippen LogP contribution is -2.30. The van der Waals surface area contributed by atoms with Crippen molar-refractivity contribution in [2.75, 3.05) is 12.3 Å². The first-order valence-electron chi connectivity index (χ1n) is 4.29. The molecule has 0 bridgehead atoms. The summed E-state index contributed by atoms with van der Waals surface area (Å²) in [5, 5.41) is 26.0. The summed E-state index contributed by atoms with van der Waals surface area (Å²) in [6, 6.07) is 0. The van der Waals surface area contributed by atoms with E-state index in [1.807, 2.05) is 0 Å². The number of nitrogens with two attached hydrogens (primary N) is 1. The summed E-state index contributed by atoms with van der Waals surface area (Å²) in [5.74, 6) is -2.15. The van der Waals surface area contributed by atoms with Crippen molar-refractivity contribution in [3.63, 3.8) is 0 Å². The SMILES string of the molecule is Nc1nonc1C(=O)NCC[C@H](O)C(=O)O. The van der Waals surface area contributed by atoms with Gasteiger partial charge >= 0.3 is 5.97 Å². The molecule has 0 fully saturated rings. The summed E-state index contributed by atoms with van der Waals surface area (Å²) >= 11 is 0. The fourth-order valence-electron chi connectivity index (χ4n) is 0.883. The van der Waals surface area contributed by atoms with E-state index in [9.17, 15) is 9.59 Å². The van der Waals surface area contributed by atoms with Crippen molar-refractivity contribution in [3.8, 4) is 0 Å². The van der Waals surface area contributed by atoms with Gasteiger partial charge in [0.15, 0.2) is 6.10 Å².